The van der Waals surface area contributed by atoms with E-state index in [2.05, 4.69) is 36.6 Å². The van der Waals surface area contributed by atoms with Crippen LogP contribution in [0.15, 0.2) is 24.3 Å². The Bertz CT molecular complexity index is 403. The van der Waals surface area contributed by atoms with E-state index >= 15 is 0 Å². The van der Waals surface area contributed by atoms with Crippen molar-refractivity contribution in [3.63, 3.8) is 0 Å². The van der Waals surface area contributed by atoms with Crippen LogP contribution in [0.5, 0.6) is 0 Å². The minimum absolute atomic E-state index is 0.365. The summed E-state index contributed by atoms with van der Waals surface area (Å²) >= 11 is 0. The number of fused-ring (bicyclic) bond motifs is 1. The fraction of sp³-hybridized carbons (Fsp3) is 0.625. The van der Waals surface area contributed by atoms with E-state index in [0.29, 0.717) is 6.04 Å². The molecule has 3 unspecified atom stereocenters. The summed E-state index contributed by atoms with van der Waals surface area (Å²) in [6, 6.07) is 9.30. The van der Waals surface area contributed by atoms with Crippen molar-refractivity contribution in [2.24, 2.45) is 23.6 Å². The third-order valence-corrected chi connectivity index (χ3v) is 5.01. The van der Waals surface area contributed by atoms with E-state index in [0.717, 1.165) is 24.2 Å². The zero-order valence-corrected chi connectivity index (χ0v) is 11.2. The van der Waals surface area contributed by atoms with Gasteiger partial charge < -0.3 is 0 Å². The zero-order valence-electron chi connectivity index (χ0n) is 11.2. The highest BCUT2D eigenvalue weighted by atomic mass is 15.2. The lowest BCUT2D eigenvalue weighted by atomic mass is 9.98. The Morgan fingerprint density at radius 3 is 2.61 bits per heavy atom. The van der Waals surface area contributed by atoms with E-state index in [4.69, 9.17) is 5.84 Å². The Hall–Kier alpha value is -0.860. The first-order chi connectivity index (χ1) is 8.85. The van der Waals surface area contributed by atoms with Gasteiger partial charge in [-0.2, -0.15) is 0 Å². The molecule has 0 radical (unpaired) electrons. The number of hydrogen-bond donors (Lipinski definition) is 2. The van der Waals surface area contributed by atoms with Crippen LogP contribution < -0.4 is 11.3 Å². The predicted molar refractivity (Wildman–Crippen MR) is 74.8 cm³/mol. The van der Waals surface area contributed by atoms with Crippen LogP contribution in [0.1, 0.15) is 49.8 Å². The molecule has 2 aliphatic rings. The Morgan fingerprint density at radius 1 is 1.28 bits per heavy atom. The highest BCUT2D eigenvalue weighted by Gasteiger charge is 2.54. The molecule has 0 aromatic heterocycles. The molecule has 98 valence electrons. The van der Waals surface area contributed by atoms with Gasteiger partial charge in [0.25, 0.3) is 0 Å². The van der Waals surface area contributed by atoms with Crippen LogP contribution in [0.25, 0.3) is 0 Å². The van der Waals surface area contributed by atoms with Crippen molar-refractivity contribution in [1.29, 1.82) is 0 Å². The van der Waals surface area contributed by atoms with Gasteiger partial charge in [-0.25, -0.2) is 0 Å². The van der Waals surface area contributed by atoms with E-state index in [1.807, 2.05) is 0 Å². The SMILES string of the molecule is CCc1cccc(C(NN)C2C3CCCCC32)c1. The summed E-state index contributed by atoms with van der Waals surface area (Å²) in [4.78, 5) is 0. The molecule has 0 spiro atoms. The van der Waals surface area contributed by atoms with Gasteiger partial charge >= 0.3 is 0 Å². The summed E-state index contributed by atoms with van der Waals surface area (Å²) in [5, 5.41) is 0. The van der Waals surface area contributed by atoms with Crippen molar-refractivity contribution in [3.05, 3.63) is 35.4 Å². The van der Waals surface area contributed by atoms with Gasteiger partial charge in [-0.1, -0.05) is 44.0 Å². The smallest absolute Gasteiger partial charge is 0.0493 e. The summed E-state index contributed by atoms with van der Waals surface area (Å²) in [5.41, 5.74) is 5.89. The highest BCUT2D eigenvalue weighted by Crippen LogP contribution is 2.60. The molecule has 0 aliphatic heterocycles. The lowest BCUT2D eigenvalue weighted by Gasteiger charge is -2.17. The molecule has 2 fully saturated rings. The van der Waals surface area contributed by atoms with Gasteiger partial charge in [0, 0.05) is 6.04 Å². The summed E-state index contributed by atoms with van der Waals surface area (Å²) in [7, 11) is 0. The Labute approximate surface area is 110 Å². The summed E-state index contributed by atoms with van der Waals surface area (Å²) < 4.78 is 0. The maximum absolute atomic E-state index is 5.84. The quantitative estimate of drug-likeness (QED) is 0.630. The maximum atomic E-state index is 5.84. The van der Waals surface area contributed by atoms with E-state index in [1.165, 1.54) is 36.8 Å². The molecule has 0 saturated heterocycles. The largest absolute Gasteiger partial charge is 0.271 e. The van der Waals surface area contributed by atoms with E-state index in [9.17, 15) is 0 Å². The second kappa shape index (κ2) is 5.02. The fourth-order valence-electron chi connectivity index (χ4n) is 3.98. The molecular weight excluding hydrogens is 220 g/mol. The minimum atomic E-state index is 0.365. The normalized spacial score (nSPS) is 31.8. The van der Waals surface area contributed by atoms with Gasteiger partial charge in [0.15, 0.2) is 0 Å². The second-order valence-corrected chi connectivity index (χ2v) is 5.93. The summed E-state index contributed by atoms with van der Waals surface area (Å²) in [6.07, 6.45) is 6.78. The van der Waals surface area contributed by atoms with E-state index in [1.54, 1.807) is 0 Å². The Morgan fingerprint density at radius 2 is 2.00 bits per heavy atom. The van der Waals surface area contributed by atoms with Crippen LogP contribution in [0.2, 0.25) is 0 Å². The molecule has 0 amide bonds. The van der Waals surface area contributed by atoms with E-state index < -0.39 is 0 Å². The molecule has 3 N–H and O–H groups in total. The molecule has 1 aromatic rings. The molecule has 18 heavy (non-hydrogen) atoms. The van der Waals surface area contributed by atoms with Gasteiger partial charge in [-0.3, -0.25) is 11.3 Å². The number of hydrazine groups is 1. The average molecular weight is 244 g/mol. The first kappa shape index (κ1) is 12.2. The molecule has 2 aliphatic carbocycles. The standard InChI is InChI=1S/C16H24N2/c1-2-11-6-5-7-12(10-11)16(18-17)15-13-8-3-4-9-14(13)15/h5-7,10,13-16,18H,2-4,8-9,17H2,1H3. The second-order valence-electron chi connectivity index (χ2n) is 5.93. The van der Waals surface area contributed by atoms with Crippen molar-refractivity contribution in [2.45, 2.75) is 45.1 Å². The highest BCUT2D eigenvalue weighted by molar-refractivity contribution is 5.28. The third-order valence-electron chi connectivity index (χ3n) is 5.01. The van der Waals surface area contributed by atoms with Crippen molar-refractivity contribution in [3.8, 4) is 0 Å². The molecule has 0 bridgehead atoms. The Balaban J connectivity index is 1.79. The van der Waals surface area contributed by atoms with Crippen LogP contribution in [0, 0.1) is 17.8 Å². The fourth-order valence-corrected chi connectivity index (χ4v) is 3.98. The van der Waals surface area contributed by atoms with Crippen molar-refractivity contribution < 1.29 is 0 Å². The first-order valence-electron chi connectivity index (χ1n) is 7.40. The molecule has 2 nitrogen and oxygen atoms in total. The van der Waals surface area contributed by atoms with E-state index in [-0.39, 0.29) is 0 Å². The van der Waals surface area contributed by atoms with Gasteiger partial charge in [-0.15, -0.1) is 0 Å². The van der Waals surface area contributed by atoms with Crippen LogP contribution in [-0.2, 0) is 6.42 Å². The number of aryl methyl sites for hydroxylation is 1. The molecule has 0 heterocycles. The molecular formula is C16H24N2. The number of nitrogens with one attached hydrogen (secondary N) is 1. The Kier molecular flexibility index (Phi) is 3.40. The third kappa shape index (κ3) is 2.08. The molecule has 2 heteroatoms. The lowest BCUT2D eigenvalue weighted by Crippen LogP contribution is -2.30. The number of nitrogens with two attached hydrogens (primary N) is 1. The average Bonchev–Trinajstić information content (AvgIpc) is 3.15. The molecule has 3 atom stereocenters. The van der Waals surface area contributed by atoms with Crippen LogP contribution in [-0.4, -0.2) is 0 Å². The van der Waals surface area contributed by atoms with Crippen LogP contribution >= 0.6 is 0 Å². The van der Waals surface area contributed by atoms with Gasteiger partial charge in [0.1, 0.15) is 0 Å². The first-order valence-corrected chi connectivity index (χ1v) is 7.40. The van der Waals surface area contributed by atoms with Crippen molar-refractivity contribution >= 4 is 0 Å². The maximum Gasteiger partial charge on any atom is 0.0493 e. The van der Waals surface area contributed by atoms with Crippen molar-refractivity contribution in [2.75, 3.05) is 0 Å². The minimum Gasteiger partial charge on any atom is -0.271 e. The van der Waals surface area contributed by atoms with Gasteiger partial charge in [0.2, 0.25) is 0 Å². The predicted octanol–water partition coefficient (Wildman–Crippen LogP) is 3.19. The van der Waals surface area contributed by atoms with Gasteiger partial charge in [0.05, 0.1) is 0 Å². The van der Waals surface area contributed by atoms with Crippen molar-refractivity contribution in [1.82, 2.24) is 5.43 Å². The van der Waals surface area contributed by atoms with Gasteiger partial charge in [-0.05, 0) is 48.1 Å². The molecule has 3 rings (SSSR count). The molecule has 2 saturated carbocycles. The number of hydrogen-bond acceptors (Lipinski definition) is 2. The number of benzene rings is 1. The monoisotopic (exact) mass is 244 g/mol. The summed E-state index contributed by atoms with van der Waals surface area (Å²) in [6.45, 7) is 2.21. The molecule has 1 aromatic carbocycles. The van der Waals surface area contributed by atoms with Crippen LogP contribution in [0.4, 0.5) is 0 Å². The van der Waals surface area contributed by atoms with Crippen LogP contribution in [0.3, 0.4) is 0 Å². The number of rotatable bonds is 4. The summed E-state index contributed by atoms with van der Waals surface area (Å²) in [5.74, 6) is 8.49. The zero-order chi connectivity index (χ0) is 12.5. The topological polar surface area (TPSA) is 38.0 Å². The lowest BCUT2D eigenvalue weighted by molar-refractivity contribution is 0.456.